The summed E-state index contributed by atoms with van der Waals surface area (Å²) in [5.74, 6) is -0.299. The van der Waals surface area contributed by atoms with Crippen LogP contribution < -0.4 is 9.44 Å². The number of rotatable bonds is 6. The average Bonchev–Trinajstić information content (AvgIpc) is 3.18. The molecule has 28 heavy (non-hydrogen) atoms. The summed E-state index contributed by atoms with van der Waals surface area (Å²) in [4.78, 5) is 0.226. The van der Waals surface area contributed by atoms with Crippen LogP contribution in [-0.4, -0.2) is 14.2 Å². The van der Waals surface area contributed by atoms with Crippen molar-refractivity contribution in [3.8, 4) is 5.75 Å². The van der Waals surface area contributed by atoms with Crippen LogP contribution in [0.1, 0.15) is 0 Å². The minimum absolute atomic E-state index is 0.0380. The van der Waals surface area contributed by atoms with Gasteiger partial charge in [0.05, 0.1) is 20.1 Å². The Morgan fingerprint density at radius 2 is 1.36 bits per heavy atom. The van der Waals surface area contributed by atoms with Gasteiger partial charge >= 0.3 is 0 Å². The second-order valence-corrected chi connectivity index (χ2v) is 10.5. The van der Waals surface area contributed by atoms with Crippen LogP contribution in [0.5, 0.6) is 5.75 Å². The number of hydrogen-bond acceptors (Lipinski definition) is 6. The van der Waals surface area contributed by atoms with Crippen molar-refractivity contribution in [1.82, 2.24) is 0 Å². The molecule has 3 rings (SSSR count). The lowest BCUT2D eigenvalue weighted by molar-refractivity contribution is 0.475. The molecule has 3 aromatic rings. The molecule has 1 heterocycles. The lowest BCUT2D eigenvalue weighted by Gasteiger charge is -2.17. The van der Waals surface area contributed by atoms with Gasteiger partial charge in [-0.25, -0.2) is 9.44 Å². The maximum absolute atomic E-state index is 12.7. The molecule has 2 unspecified atom stereocenters. The molecule has 5 nitrogen and oxygen atoms in total. The van der Waals surface area contributed by atoms with Crippen LogP contribution in [0.15, 0.2) is 50.9 Å². The summed E-state index contributed by atoms with van der Waals surface area (Å²) in [6.45, 7) is 0. The molecule has 12 heteroatoms. The Morgan fingerprint density at radius 3 is 1.86 bits per heavy atom. The summed E-state index contributed by atoms with van der Waals surface area (Å²) in [6.07, 6.45) is 0. The van der Waals surface area contributed by atoms with Crippen molar-refractivity contribution >= 4 is 91.8 Å². The minimum Gasteiger partial charge on any atom is -0.588 e. The molecule has 0 aliphatic carbocycles. The fraction of sp³-hybridized carbons (Fsp3) is 0. The molecule has 0 radical (unpaired) electrons. The number of thiophene rings is 1. The largest absolute Gasteiger partial charge is 0.588 e. The zero-order valence-electron chi connectivity index (χ0n) is 13.5. The van der Waals surface area contributed by atoms with Crippen LogP contribution in [0.4, 0.5) is 11.4 Å². The fourth-order valence-corrected chi connectivity index (χ4v) is 5.68. The van der Waals surface area contributed by atoms with E-state index in [1.165, 1.54) is 35.6 Å². The van der Waals surface area contributed by atoms with Crippen molar-refractivity contribution in [3.05, 3.63) is 61.9 Å². The monoisotopic (exact) mass is 514 g/mol. The van der Waals surface area contributed by atoms with Crippen molar-refractivity contribution in [2.75, 3.05) is 9.44 Å². The number of phenols is 1. The molecule has 0 fully saturated rings. The van der Waals surface area contributed by atoms with E-state index in [0.29, 0.717) is 15.6 Å². The predicted octanol–water partition coefficient (Wildman–Crippen LogP) is 6.34. The smallest absolute Gasteiger partial charge is 0.233 e. The van der Waals surface area contributed by atoms with Crippen molar-refractivity contribution in [3.63, 3.8) is 0 Å². The quantitative estimate of drug-likeness (QED) is 0.333. The van der Waals surface area contributed by atoms with Gasteiger partial charge in [-0.15, -0.1) is 0 Å². The molecule has 0 spiro atoms. The van der Waals surface area contributed by atoms with Gasteiger partial charge in [0.1, 0.15) is 34.1 Å². The van der Waals surface area contributed by atoms with E-state index in [0.717, 1.165) is 0 Å². The highest BCUT2D eigenvalue weighted by atomic mass is 35.5. The Bertz CT molecular complexity index is 969. The van der Waals surface area contributed by atoms with Gasteiger partial charge in [-0.05, 0) is 23.6 Å². The van der Waals surface area contributed by atoms with E-state index < -0.39 is 22.7 Å². The Hall–Kier alpha value is -0.680. The second-order valence-electron chi connectivity index (χ2n) is 5.22. The third-order valence-electron chi connectivity index (χ3n) is 3.35. The van der Waals surface area contributed by atoms with Gasteiger partial charge in [0.2, 0.25) is 4.21 Å². The van der Waals surface area contributed by atoms with E-state index in [1.807, 2.05) is 0 Å². The molecule has 0 aliphatic heterocycles. The van der Waals surface area contributed by atoms with Gasteiger partial charge < -0.3 is 14.2 Å². The van der Waals surface area contributed by atoms with Crippen molar-refractivity contribution in [2.24, 2.45) is 0 Å². The summed E-state index contributed by atoms with van der Waals surface area (Å²) in [7, 11) is 0. The van der Waals surface area contributed by atoms with E-state index in [1.54, 1.807) is 17.5 Å². The van der Waals surface area contributed by atoms with Gasteiger partial charge in [-0.1, -0.05) is 57.7 Å². The van der Waals surface area contributed by atoms with Gasteiger partial charge in [0.15, 0.2) is 10.6 Å². The minimum atomic E-state index is -1.81. The SMILES string of the molecule is [O-][S+](Nc1cc(Cl)c(Cl)cc1N[S+]([O-])c1cccs1)c1cc(Cl)c(O)c(Cl)c1. The summed E-state index contributed by atoms with van der Waals surface area (Å²) in [5, 5.41) is 11.8. The van der Waals surface area contributed by atoms with Crippen molar-refractivity contribution < 1.29 is 14.2 Å². The summed E-state index contributed by atoms with van der Waals surface area (Å²) in [5.41, 5.74) is 0.642. The molecule has 2 atom stereocenters. The maximum Gasteiger partial charge on any atom is 0.233 e. The standard InChI is InChI=1S/C16H10Cl4N2O3S3/c17-9-6-13(21-27(24)8-4-11(19)16(23)12(20)5-8)14(7-10(9)18)22-28(25)15-2-1-3-26-15/h1-7,21-23H. The van der Waals surface area contributed by atoms with Gasteiger partial charge in [-0.2, -0.15) is 0 Å². The van der Waals surface area contributed by atoms with Gasteiger partial charge in [0.25, 0.3) is 0 Å². The zero-order chi connectivity index (χ0) is 20.4. The Labute approximate surface area is 191 Å². The highest BCUT2D eigenvalue weighted by Crippen LogP contribution is 2.38. The third kappa shape index (κ3) is 5.08. The summed E-state index contributed by atoms with van der Waals surface area (Å²) < 4.78 is 31.4. The Morgan fingerprint density at radius 1 is 0.821 bits per heavy atom. The van der Waals surface area contributed by atoms with Gasteiger partial charge in [-0.3, -0.25) is 0 Å². The van der Waals surface area contributed by atoms with Crippen LogP contribution >= 0.6 is 57.7 Å². The number of halogens is 4. The van der Waals surface area contributed by atoms with E-state index in [4.69, 9.17) is 46.4 Å². The van der Waals surface area contributed by atoms with E-state index in [9.17, 15) is 14.2 Å². The van der Waals surface area contributed by atoms with Gasteiger partial charge in [0, 0.05) is 18.2 Å². The molecule has 0 saturated carbocycles. The van der Waals surface area contributed by atoms with Crippen molar-refractivity contribution in [2.45, 2.75) is 9.10 Å². The van der Waals surface area contributed by atoms with Crippen LogP contribution in [0.25, 0.3) is 0 Å². The first-order valence-corrected chi connectivity index (χ1v) is 12.0. The molecule has 0 saturated heterocycles. The molecule has 0 amide bonds. The number of nitrogens with one attached hydrogen (secondary N) is 2. The highest BCUT2D eigenvalue weighted by molar-refractivity contribution is 7.94. The topological polar surface area (TPSA) is 90.4 Å². The predicted molar refractivity (Wildman–Crippen MR) is 119 cm³/mol. The fourth-order valence-electron chi connectivity index (χ4n) is 2.04. The number of anilines is 2. The molecular formula is C16H10Cl4N2O3S3. The number of phenolic OH excluding ortho intramolecular Hbond substituents is 1. The summed E-state index contributed by atoms with van der Waals surface area (Å²) >= 11 is 21.9. The van der Waals surface area contributed by atoms with E-state index in [2.05, 4.69) is 9.44 Å². The molecule has 1 aromatic heterocycles. The first-order valence-electron chi connectivity index (χ1n) is 7.33. The van der Waals surface area contributed by atoms with Crippen molar-refractivity contribution in [1.29, 1.82) is 0 Å². The van der Waals surface area contributed by atoms with Crippen LogP contribution in [0, 0.1) is 0 Å². The van der Waals surface area contributed by atoms with Crippen LogP contribution in [-0.2, 0) is 22.7 Å². The molecule has 2 aromatic carbocycles. The first kappa shape index (κ1) is 22.0. The number of aromatic hydroxyl groups is 1. The second kappa shape index (κ2) is 9.42. The maximum atomic E-state index is 12.7. The van der Waals surface area contributed by atoms with E-state index >= 15 is 0 Å². The third-order valence-corrected chi connectivity index (χ3v) is 8.03. The lowest BCUT2D eigenvalue weighted by Crippen LogP contribution is -2.17. The highest BCUT2D eigenvalue weighted by Gasteiger charge is 2.22. The van der Waals surface area contributed by atoms with E-state index in [-0.39, 0.29) is 30.7 Å². The average molecular weight is 516 g/mol. The first-order chi connectivity index (χ1) is 13.3. The number of benzene rings is 2. The zero-order valence-corrected chi connectivity index (χ0v) is 19.0. The normalized spacial score (nSPS) is 13.2. The van der Waals surface area contributed by atoms with Crippen LogP contribution in [0.3, 0.4) is 0 Å². The molecule has 3 N–H and O–H groups in total. The molecule has 148 valence electrons. The molecule has 0 aliphatic rings. The Balaban J connectivity index is 1.89. The molecular weight excluding hydrogens is 506 g/mol. The Kier molecular flexibility index (Phi) is 7.41. The number of hydrogen-bond donors (Lipinski definition) is 3. The summed E-state index contributed by atoms with van der Waals surface area (Å²) in [6, 6.07) is 9.07. The molecule has 0 bridgehead atoms. The van der Waals surface area contributed by atoms with Crippen LogP contribution in [0.2, 0.25) is 20.1 Å². The lowest BCUT2D eigenvalue weighted by atomic mass is 10.3.